The van der Waals surface area contributed by atoms with Crippen molar-refractivity contribution in [1.82, 2.24) is 9.97 Å². The van der Waals surface area contributed by atoms with Gasteiger partial charge in [-0.3, -0.25) is 5.32 Å². The van der Waals surface area contributed by atoms with Crippen molar-refractivity contribution >= 4 is 23.0 Å². The van der Waals surface area contributed by atoms with Crippen molar-refractivity contribution in [2.75, 3.05) is 5.32 Å². The number of nitrogens with one attached hydrogen (secondary N) is 1. The van der Waals surface area contributed by atoms with Gasteiger partial charge in [0, 0.05) is 5.69 Å². The van der Waals surface area contributed by atoms with Gasteiger partial charge >= 0.3 is 0 Å². The van der Waals surface area contributed by atoms with Crippen LogP contribution in [0.5, 0.6) is 0 Å². The number of para-hydroxylation sites is 2. The van der Waals surface area contributed by atoms with Crippen molar-refractivity contribution in [3.63, 3.8) is 0 Å². The maximum atomic E-state index is 4.82. The highest BCUT2D eigenvalue weighted by Gasteiger charge is 2.14. The van der Waals surface area contributed by atoms with Crippen LogP contribution in [0.2, 0.25) is 0 Å². The first-order valence-corrected chi connectivity index (χ1v) is 8.28. The molecule has 1 heterocycles. The van der Waals surface area contributed by atoms with Crippen LogP contribution < -0.4 is 23.0 Å². The lowest BCUT2D eigenvalue weighted by Crippen LogP contribution is -3.00. The number of rotatable bonds is 6. The SMILES string of the molecule is CC(C)Cc1cnc(Nc2ccccc2)c([NH2+]c2ccccc2)n1.[Cl-]. The van der Waals surface area contributed by atoms with Crippen LogP contribution in [0.25, 0.3) is 0 Å². The molecule has 0 bridgehead atoms. The van der Waals surface area contributed by atoms with Gasteiger partial charge in [0.15, 0.2) is 0 Å². The van der Waals surface area contributed by atoms with Gasteiger partial charge in [-0.1, -0.05) is 50.2 Å². The zero-order valence-electron chi connectivity index (χ0n) is 14.5. The van der Waals surface area contributed by atoms with Crippen molar-refractivity contribution in [1.29, 1.82) is 0 Å². The van der Waals surface area contributed by atoms with Crippen LogP contribution in [0.3, 0.4) is 0 Å². The predicted octanol–water partition coefficient (Wildman–Crippen LogP) is 0.949. The summed E-state index contributed by atoms with van der Waals surface area (Å²) in [6, 6.07) is 20.3. The number of hydrogen-bond donors (Lipinski definition) is 2. The summed E-state index contributed by atoms with van der Waals surface area (Å²) < 4.78 is 0. The molecule has 0 aliphatic heterocycles. The summed E-state index contributed by atoms with van der Waals surface area (Å²) in [4.78, 5) is 9.44. The summed E-state index contributed by atoms with van der Waals surface area (Å²) in [6.07, 6.45) is 2.79. The second kappa shape index (κ2) is 9.16. The Morgan fingerprint density at radius 2 is 1.60 bits per heavy atom. The highest BCUT2D eigenvalue weighted by atomic mass is 35.5. The Bertz CT molecular complexity index is 776. The molecule has 3 rings (SSSR count). The van der Waals surface area contributed by atoms with Crippen LogP contribution in [-0.2, 0) is 6.42 Å². The number of halogens is 1. The average molecular weight is 355 g/mol. The van der Waals surface area contributed by atoms with E-state index in [1.165, 1.54) is 0 Å². The first-order chi connectivity index (χ1) is 11.7. The number of quaternary nitrogens is 1. The van der Waals surface area contributed by atoms with E-state index < -0.39 is 0 Å². The van der Waals surface area contributed by atoms with Crippen LogP contribution in [0.15, 0.2) is 66.9 Å². The number of hydrogen-bond acceptors (Lipinski definition) is 3. The largest absolute Gasteiger partial charge is 1.00 e. The zero-order chi connectivity index (χ0) is 16.8. The van der Waals surface area contributed by atoms with Crippen LogP contribution in [-0.4, -0.2) is 9.97 Å². The van der Waals surface area contributed by atoms with Crippen LogP contribution in [0.4, 0.5) is 23.0 Å². The van der Waals surface area contributed by atoms with Gasteiger partial charge in [-0.2, -0.15) is 4.98 Å². The molecule has 0 atom stereocenters. The number of benzene rings is 2. The number of aromatic nitrogens is 2. The Balaban J connectivity index is 0.00000225. The third-order valence-corrected chi connectivity index (χ3v) is 3.61. The van der Waals surface area contributed by atoms with Gasteiger partial charge in [-0.25, -0.2) is 4.98 Å². The molecule has 0 fully saturated rings. The second-order valence-corrected chi connectivity index (χ2v) is 6.24. The van der Waals surface area contributed by atoms with Crippen molar-refractivity contribution in [3.05, 3.63) is 72.6 Å². The van der Waals surface area contributed by atoms with Gasteiger partial charge in [-0.15, -0.1) is 0 Å². The number of anilines is 2. The topological polar surface area (TPSA) is 54.4 Å². The van der Waals surface area contributed by atoms with E-state index in [-0.39, 0.29) is 12.4 Å². The van der Waals surface area contributed by atoms with E-state index in [0.717, 1.165) is 35.1 Å². The Labute approximate surface area is 155 Å². The minimum Gasteiger partial charge on any atom is -1.00 e. The lowest BCUT2D eigenvalue weighted by molar-refractivity contribution is -0.482. The maximum absolute atomic E-state index is 4.82. The molecule has 0 unspecified atom stereocenters. The quantitative estimate of drug-likeness (QED) is 0.648. The molecular weight excluding hydrogens is 332 g/mol. The predicted molar refractivity (Wildman–Crippen MR) is 98.0 cm³/mol. The van der Waals surface area contributed by atoms with Gasteiger partial charge in [0.2, 0.25) is 5.82 Å². The molecule has 0 aliphatic rings. The van der Waals surface area contributed by atoms with E-state index in [1.807, 2.05) is 54.7 Å². The lowest BCUT2D eigenvalue weighted by Gasteiger charge is -2.11. The fourth-order valence-corrected chi connectivity index (χ4v) is 2.52. The minimum absolute atomic E-state index is 0. The summed E-state index contributed by atoms with van der Waals surface area (Å²) in [5.41, 5.74) is 3.14. The fourth-order valence-electron chi connectivity index (χ4n) is 2.52. The number of nitrogens with zero attached hydrogens (tertiary/aromatic N) is 2. The van der Waals surface area contributed by atoms with Crippen LogP contribution >= 0.6 is 0 Å². The summed E-state index contributed by atoms with van der Waals surface area (Å²) in [5.74, 6) is 2.19. The van der Waals surface area contributed by atoms with Gasteiger partial charge in [-0.05, 0) is 36.6 Å². The van der Waals surface area contributed by atoms with Crippen LogP contribution in [0.1, 0.15) is 19.5 Å². The molecule has 3 aromatic rings. The van der Waals surface area contributed by atoms with E-state index >= 15 is 0 Å². The molecule has 0 aliphatic carbocycles. The van der Waals surface area contributed by atoms with Crippen molar-refractivity contribution in [2.24, 2.45) is 5.92 Å². The molecular formula is C20H23ClN4. The molecule has 1 aromatic heterocycles. The fraction of sp³-hybridized carbons (Fsp3) is 0.200. The highest BCUT2D eigenvalue weighted by molar-refractivity contribution is 5.62. The molecule has 4 nitrogen and oxygen atoms in total. The van der Waals surface area contributed by atoms with Crippen molar-refractivity contribution in [3.8, 4) is 0 Å². The molecule has 25 heavy (non-hydrogen) atoms. The Morgan fingerprint density at radius 3 is 2.24 bits per heavy atom. The Kier molecular flexibility index (Phi) is 6.92. The third-order valence-electron chi connectivity index (χ3n) is 3.61. The van der Waals surface area contributed by atoms with Crippen molar-refractivity contribution < 1.29 is 17.7 Å². The molecule has 3 N–H and O–H groups in total. The number of nitrogens with two attached hydrogens (primary N) is 1. The molecule has 0 saturated heterocycles. The molecule has 2 aromatic carbocycles. The third kappa shape index (κ3) is 5.55. The maximum Gasteiger partial charge on any atom is 0.273 e. The zero-order valence-corrected chi connectivity index (χ0v) is 15.2. The lowest BCUT2D eigenvalue weighted by atomic mass is 10.1. The van der Waals surface area contributed by atoms with E-state index in [0.29, 0.717) is 5.92 Å². The Morgan fingerprint density at radius 1 is 0.960 bits per heavy atom. The smallest absolute Gasteiger partial charge is 0.273 e. The molecule has 130 valence electrons. The van der Waals surface area contributed by atoms with Gasteiger partial charge in [0.1, 0.15) is 5.69 Å². The average Bonchev–Trinajstić information content (AvgIpc) is 2.59. The second-order valence-electron chi connectivity index (χ2n) is 6.24. The molecule has 0 amide bonds. The first-order valence-electron chi connectivity index (χ1n) is 8.28. The molecule has 0 saturated carbocycles. The standard InChI is InChI=1S/C20H22N4.ClH/c1-15(2)13-18-14-21-19(22-16-9-5-3-6-10-16)20(24-18)23-17-11-7-4-8-12-17;/h3-12,14-15H,13H2,1-2H3,(H,21,22)(H,23,24);1H. The summed E-state index contributed by atoms with van der Waals surface area (Å²) in [5, 5.41) is 5.44. The van der Waals surface area contributed by atoms with Crippen molar-refractivity contribution in [2.45, 2.75) is 20.3 Å². The van der Waals surface area contributed by atoms with Gasteiger partial charge in [0.05, 0.1) is 11.9 Å². The van der Waals surface area contributed by atoms with Crippen LogP contribution in [0, 0.1) is 5.92 Å². The normalized spacial score (nSPS) is 10.4. The van der Waals surface area contributed by atoms with Gasteiger partial charge in [0.25, 0.3) is 5.82 Å². The summed E-state index contributed by atoms with van der Waals surface area (Å²) in [7, 11) is 0. The van der Waals surface area contributed by atoms with E-state index in [2.05, 4.69) is 41.6 Å². The monoisotopic (exact) mass is 354 g/mol. The van der Waals surface area contributed by atoms with E-state index in [9.17, 15) is 0 Å². The van der Waals surface area contributed by atoms with Gasteiger partial charge < -0.3 is 17.7 Å². The summed E-state index contributed by atoms with van der Waals surface area (Å²) >= 11 is 0. The molecule has 0 radical (unpaired) electrons. The summed E-state index contributed by atoms with van der Waals surface area (Å²) in [6.45, 7) is 4.39. The van der Waals surface area contributed by atoms with E-state index in [1.54, 1.807) is 0 Å². The molecule has 5 heteroatoms. The minimum atomic E-state index is 0. The molecule has 0 spiro atoms. The Hall–Kier alpha value is -2.43. The first kappa shape index (κ1) is 18.9. The highest BCUT2D eigenvalue weighted by Crippen LogP contribution is 2.20. The van der Waals surface area contributed by atoms with E-state index in [4.69, 9.17) is 4.98 Å².